The Hall–Kier alpha value is -1.26. The van der Waals surface area contributed by atoms with Gasteiger partial charge in [-0.1, -0.05) is 22.0 Å². The van der Waals surface area contributed by atoms with Crippen LogP contribution in [0.4, 0.5) is 4.39 Å². The Labute approximate surface area is 116 Å². The van der Waals surface area contributed by atoms with E-state index in [2.05, 4.69) is 20.9 Å². The summed E-state index contributed by atoms with van der Waals surface area (Å²) in [4.78, 5) is 4.37. The molecule has 0 radical (unpaired) electrons. The normalized spacial score (nSPS) is 11.0. The lowest BCUT2D eigenvalue weighted by Gasteiger charge is -2.04. The van der Waals surface area contributed by atoms with Crippen molar-refractivity contribution in [3.8, 4) is 0 Å². The first-order chi connectivity index (χ1) is 8.74. The van der Waals surface area contributed by atoms with Crippen LogP contribution < -0.4 is 0 Å². The van der Waals surface area contributed by atoms with E-state index in [0.717, 1.165) is 15.6 Å². The molecule has 0 N–H and O–H groups in total. The number of thiophene rings is 1. The van der Waals surface area contributed by atoms with E-state index in [4.69, 9.17) is 0 Å². The minimum atomic E-state index is -0.196. The van der Waals surface area contributed by atoms with Crippen LogP contribution in [0.3, 0.4) is 0 Å². The number of hydrogen-bond donors (Lipinski definition) is 0. The minimum absolute atomic E-state index is 0.196. The van der Waals surface area contributed by atoms with Crippen molar-refractivity contribution in [3.63, 3.8) is 0 Å². The largest absolute Gasteiger partial charge is 0.260 e. The SMILES string of the molecule is Fc1cc(Br)ccc1Cc1nccc2sccc12. The molecule has 0 bridgehead atoms. The minimum Gasteiger partial charge on any atom is -0.260 e. The van der Waals surface area contributed by atoms with Gasteiger partial charge in [0.25, 0.3) is 0 Å². The Balaban J connectivity index is 2.03. The van der Waals surface area contributed by atoms with Crippen LogP contribution in [0.2, 0.25) is 0 Å². The van der Waals surface area contributed by atoms with Crippen LogP contribution in [0, 0.1) is 5.82 Å². The van der Waals surface area contributed by atoms with E-state index in [1.165, 1.54) is 10.8 Å². The third kappa shape index (κ3) is 2.18. The molecule has 3 rings (SSSR count). The van der Waals surface area contributed by atoms with Crippen LogP contribution in [0.25, 0.3) is 10.1 Å². The van der Waals surface area contributed by atoms with Crippen molar-refractivity contribution in [1.29, 1.82) is 0 Å². The second-order valence-corrected chi connectivity index (χ2v) is 5.87. The first kappa shape index (κ1) is 11.8. The highest BCUT2D eigenvalue weighted by Crippen LogP contribution is 2.25. The summed E-state index contributed by atoms with van der Waals surface area (Å²) in [7, 11) is 0. The van der Waals surface area contributed by atoms with E-state index >= 15 is 0 Å². The molecule has 18 heavy (non-hydrogen) atoms. The molecule has 0 amide bonds. The fraction of sp³-hybridized carbons (Fsp3) is 0.0714. The van der Waals surface area contributed by atoms with Crippen molar-refractivity contribution in [2.75, 3.05) is 0 Å². The maximum Gasteiger partial charge on any atom is 0.127 e. The molecular weight excluding hydrogens is 313 g/mol. The first-order valence-electron chi connectivity index (χ1n) is 5.49. The first-order valence-corrected chi connectivity index (χ1v) is 7.16. The molecule has 0 spiro atoms. The third-order valence-corrected chi connectivity index (χ3v) is 4.21. The van der Waals surface area contributed by atoms with Gasteiger partial charge in [0.15, 0.2) is 0 Å². The zero-order valence-electron chi connectivity index (χ0n) is 9.36. The summed E-state index contributed by atoms with van der Waals surface area (Å²) in [6.07, 6.45) is 2.30. The van der Waals surface area contributed by atoms with E-state index in [1.807, 2.05) is 23.6 Å². The number of pyridine rings is 1. The molecular formula is C14H9BrFNS. The van der Waals surface area contributed by atoms with Gasteiger partial charge >= 0.3 is 0 Å². The van der Waals surface area contributed by atoms with Gasteiger partial charge in [-0.2, -0.15) is 0 Å². The molecule has 1 aromatic carbocycles. The van der Waals surface area contributed by atoms with E-state index in [9.17, 15) is 4.39 Å². The highest BCUT2D eigenvalue weighted by atomic mass is 79.9. The lowest BCUT2D eigenvalue weighted by molar-refractivity contribution is 0.612. The average Bonchev–Trinajstić information content (AvgIpc) is 2.82. The topological polar surface area (TPSA) is 12.9 Å². The van der Waals surface area contributed by atoms with Crippen molar-refractivity contribution >= 4 is 37.4 Å². The second kappa shape index (κ2) is 4.78. The van der Waals surface area contributed by atoms with Crippen LogP contribution in [-0.4, -0.2) is 4.98 Å². The average molecular weight is 322 g/mol. The van der Waals surface area contributed by atoms with Crippen molar-refractivity contribution < 1.29 is 4.39 Å². The molecule has 2 heterocycles. The predicted octanol–water partition coefficient (Wildman–Crippen LogP) is 4.79. The number of fused-ring (bicyclic) bond motifs is 1. The lowest BCUT2D eigenvalue weighted by atomic mass is 10.1. The van der Waals surface area contributed by atoms with Gasteiger partial charge < -0.3 is 0 Å². The Morgan fingerprint density at radius 2 is 2.11 bits per heavy atom. The molecule has 0 aliphatic rings. The van der Waals surface area contributed by atoms with E-state index in [0.29, 0.717) is 12.0 Å². The molecule has 3 aromatic rings. The lowest BCUT2D eigenvalue weighted by Crippen LogP contribution is -1.95. The number of halogens is 2. The van der Waals surface area contributed by atoms with E-state index < -0.39 is 0 Å². The molecule has 0 fully saturated rings. The van der Waals surface area contributed by atoms with Gasteiger partial charge in [-0.3, -0.25) is 4.98 Å². The maximum atomic E-state index is 13.8. The molecule has 0 saturated heterocycles. The highest BCUT2D eigenvalue weighted by molar-refractivity contribution is 9.10. The molecule has 4 heteroatoms. The van der Waals surface area contributed by atoms with Crippen molar-refractivity contribution in [3.05, 3.63) is 63.5 Å². The molecule has 0 aliphatic carbocycles. The smallest absolute Gasteiger partial charge is 0.127 e. The van der Waals surface area contributed by atoms with Gasteiger partial charge in [0.05, 0.1) is 5.69 Å². The van der Waals surface area contributed by atoms with E-state index in [-0.39, 0.29) is 5.82 Å². The maximum absolute atomic E-state index is 13.8. The number of hydrogen-bond acceptors (Lipinski definition) is 2. The zero-order chi connectivity index (χ0) is 12.5. The number of aromatic nitrogens is 1. The predicted molar refractivity (Wildman–Crippen MR) is 76.5 cm³/mol. The molecule has 90 valence electrons. The Morgan fingerprint density at radius 1 is 1.22 bits per heavy atom. The van der Waals surface area contributed by atoms with Crippen LogP contribution >= 0.6 is 27.3 Å². The van der Waals surface area contributed by atoms with Crippen molar-refractivity contribution in [2.45, 2.75) is 6.42 Å². The monoisotopic (exact) mass is 321 g/mol. The Bertz CT molecular complexity index is 708. The van der Waals surface area contributed by atoms with Crippen molar-refractivity contribution in [1.82, 2.24) is 4.98 Å². The van der Waals surface area contributed by atoms with Gasteiger partial charge in [0.1, 0.15) is 5.82 Å². The number of nitrogens with zero attached hydrogens (tertiary/aromatic N) is 1. The summed E-state index contributed by atoms with van der Waals surface area (Å²) in [5.74, 6) is -0.196. The second-order valence-electron chi connectivity index (χ2n) is 4.00. The van der Waals surface area contributed by atoms with Gasteiger partial charge in [-0.25, -0.2) is 4.39 Å². The summed E-state index contributed by atoms with van der Waals surface area (Å²) >= 11 is 4.94. The zero-order valence-corrected chi connectivity index (χ0v) is 11.8. The van der Waals surface area contributed by atoms with Crippen LogP contribution in [0.15, 0.2) is 46.4 Å². The van der Waals surface area contributed by atoms with Crippen LogP contribution in [0.1, 0.15) is 11.3 Å². The Morgan fingerprint density at radius 3 is 2.94 bits per heavy atom. The summed E-state index contributed by atoms with van der Waals surface area (Å²) in [6, 6.07) is 9.17. The Kier molecular flexibility index (Phi) is 3.14. The quantitative estimate of drug-likeness (QED) is 0.661. The van der Waals surface area contributed by atoms with Gasteiger partial charge in [-0.05, 0) is 35.2 Å². The fourth-order valence-corrected chi connectivity index (χ4v) is 3.08. The summed E-state index contributed by atoms with van der Waals surface area (Å²) < 4.78 is 15.8. The number of benzene rings is 1. The van der Waals surface area contributed by atoms with Gasteiger partial charge in [-0.15, -0.1) is 11.3 Å². The third-order valence-electron chi connectivity index (χ3n) is 2.84. The molecule has 0 atom stereocenters. The van der Waals surface area contributed by atoms with Crippen LogP contribution in [0.5, 0.6) is 0 Å². The molecule has 0 saturated carbocycles. The fourth-order valence-electron chi connectivity index (χ4n) is 1.94. The van der Waals surface area contributed by atoms with Gasteiger partial charge in [0.2, 0.25) is 0 Å². The highest BCUT2D eigenvalue weighted by Gasteiger charge is 2.08. The van der Waals surface area contributed by atoms with Gasteiger partial charge in [0, 0.05) is 27.2 Å². The molecule has 0 unspecified atom stereocenters. The summed E-state index contributed by atoms with van der Waals surface area (Å²) in [6.45, 7) is 0. The summed E-state index contributed by atoms with van der Waals surface area (Å²) in [5, 5.41) is 3.15. The molecule has 0 aliphatic heterocycles. The van der Waals surface area contributed by atoms with Crippen molar-refractivity contribution in [2.24, 2.45) is 0 Å². The molecule has 1 nitrogen and oxygen atoms in total. The molecule has 2 aromatic heterocycles. The standard InChI is InChI=1S/C14H9BrFNS/c15-10-2-1-9(12(16)8-10)7-13-11-4-6-18-14(11)3-5-17-13/h1-6,8H,7H2. The van der Waals surface area contributed by atoms with E-state index in [1.54, 1.807) is 23.6 Å². The number of rotatable bonds is 2. The summed E-state index contributed by atoms with van der Waals surface area (Å²) in [5.41, 5.74) is 1.60. The van der Waals surface area contributed by atoms with Crippen LogP contribution in [-0.2, 0) is 6.42 Å².